The van der Waals surface area contributed by atoms with E-state index in [0.29, 0.717) is 29.6 Å². The topological polar surface area (TPSA) is 79.6 Å². The van der Waals surface area contributed by atoms with Crippen LogP contribution in [0, 0.1) is 12.8 Å². The molecular formula is C25H27BClN5O2S. The first-order valence-corrected chi connectivity index (χ1v) is 13.6. The fourth-order valence-corrected chi connectivity index (χ4v) is 6.66. The summed E-state index contributed by atoms with van der Waals surface area (Å²) in [5, 5.41) is 8.65. The van der Waals surface area contributed by atoms with Crippen LogP contribution in [0.5, 0.6) is 0 Å². The predicted molar refractivity (Wildman–Crippen MR) is 143 cm³/mol. The van der Waals surface area contributed by atoms with Gasteiger partial charge in [-0.2, -0.15) is 13.9 Å². The molecule has 1 N–H and O–H groups in total. The molecule has 0 spiro atoms. The van der Waals surface area contributed by atoms with Gasteiger partial charge in [-0.05, 0) is 37.8 Å². The van der Waals surface area contributed by atoms with Crippen molar-refractivity contribution < 1.29 is 8.42 Å². The zero-order chi connectivity index (χ0) is 24.6. The third-order valence-electron chi connectivity index (χ3n) is 6.56. The summed E-state index contributed by atoms with van der Waals surface area (Å²) in [7, 11) is -1.68. The number of aryl methyl sites for hydroxylation is 1. The molecule has 10 heteroatoms. The monoisotopic (exact) mass is 507 g/mol. The van der Waals surface area contributed by atoms with Crippen molar-refractivity contribution in [3.8, 4) is 11.3 Å². The Morgan fingerprint density at radius 3 is 2.74 bits per heavy atom. The predicted octanol–water partition coefficient (Wildman–Crippen LogP) is 3.13. The van der Waals surface area contributed by atoms with Crippen molar-refractivity contribution in [2.45, 2.75) is 24.7 Å². The Morgan fingerprint density at radius 1 is 1.17 bits per heavy atom. The maximum atomic E-state index is 13.3. The van der Waals surface area contributed by atoms with Gasteiger partial charge in [-0.3, -0.25) is 0 Å². The van der Waals surface area contributed by atoms with Crippen LogP contribution in [0.2, 0.25) is 5.02 Å². The minimum atomic E-state index is -3.52. The molecule has 4 aromatic rings. The highest BCUT2D eigenvalue weighted by atomic mass is 35.5. The molecule has 5 rings (SSSR count). The van der Waals surface area contributed by atoms with Crippen molar-refractivity contribution in [1.29, 1.82) is 0 Å². The smallest absolute Gasteiger partial charge is 0.242 e. The Kier molecular flexibility index (Phi) is 6.57. The van der Waals surface area contributed by atoms with Crippen LogP contribution < -0.4 is 10.8 Å². The molecule has 2 aromatic carbocycles. The summed E-state index contributed by atoms with van der Waals surface area (Å²) in [5.41, 5.74) is 4.12. The number of nitrogens with one attached hydrogen (secondary N) is 1. The van der Waals surface area contributed by atoms with E-state index < -0.39 is 10.0 Å². The van der Waals surface area contributed by atoms with Gasteiger partial charge in [0.05, 0.1) is 16.8 Å². The molecule has 180 valence electrons. The van der Waals surface area contributed by atoms with Gasteiger partial charge in [0.25, 0.3) is 0 Å². The van der Waals surface area contributed by atoms with Crippen LogP contribution in [0.15, 0.2) is 65.7 Å². The lowest BCUT2D eigenvalue weighted by Gasteiger charge is -2.32. The third kappa shape index (κ3) is 4.68. The van der Waals surface area contributed by atoms with Crippen LogP contribution in [0.4, 0.5) is 5.82 Å². The zero-order valence-corrected chi connectivity index (χ0v) is 21.4. The molecule has 0 saturated carbocycles. The van der Waals surface area contributed by atoms with Crippen LogP contribution >= 0.6 is 11.6 Å². The number of piperidine rings is 1. The molecule has 1 atom stereocenters. The molecule has 3 heterocycles. The van der Waals surface area contributed by atoms with E-state index in [1.807, 2.05) is 57.2 Å². The zero-order valence-electron chi connectivity index (χ0n) is 19.8. The number of hydrogen-bond donors (Lipinski definition) is 1. The largest absolute Gasteiger partial charge is 0.370 e. The average Bonchev–Trinajstić information content (AvgIpc) is 3.24. The molecule has 0 amide bonds. The summed E-state index contributed by atoms with van der Waals surface area (Å²) in [6.07, 6.45) is 3.58. The summed E-state index contributed by atoms with van der Waals surface area (Å²) in [6, 6.07) is 16.8. The molecule has 0 bridgehead atoms. The van der Waals surface area contributed by atoms with Gasteiger partial charge in [0, 0.05) is 41.9 Å². The number of sulfonamides is 1. The fourth-order valence-electron chi connectivity index (χ4n) is 4.65. The lowest BCUT2D eigenvalue weighted by Crippen LogP contribution is -2.43. The van der Waals surface area contributed by atoms with Gasteiger partial charge in [-0.25, -0.2) is 13.4 Å². The highest BCUT2D eigenvalue weighted by Gasteiger charge is 2.31. The number of halogens is 1. The Bertz CT molecular complexity index is 1490. The van der Waals surface area contributed by atoms with E-state index in [0.717, 1.165) is 46.6 Å². The first-order valence-electron chi connectivity index (χ1n) is 11.7. The first-order chi connectivity index (χ1) is 16.8. The molecule has 1 unspecified atom stereocenters. The lowest BCUT2D eigenvalue weighted by atomic mass is 9.97. The maximum Gasteiger partial charge on any atom is 0.242 e. The molecular weight excluding hydrogens is 481 g/mol. The Hall–Kier alpha value is -2.88. The van der Waals surface area contributed by atoms with Crippen molar-refractivity contribution in [1.82, 2.24) is 18.9 Å². The van der Waals surface area contributed by atoms with Gasteiger partial charge in [0.15, 0.2) is 5.65 Å². The van der Waals surface area contributed by atoms with Gasteiger partial charge in [0.1, 0.15) is 13.7 Å². The molecule has 0 radical (unpaired) electrons. The van der Waals surface area contributed by atoms with Crippen molar-refractivity contribution in [3.63, 3.8) is 0 Å². The van der Waals surface area contributed by atoms with Crippen LogP contribution in [0.25, 0.3) is 16.9 Å². The van der Waals surface area contributed by atoms with E-state index in [4.69, 9.17) is 16.6 Å². The number of rotatable bonds is 6. The van der Waals surface area contributed by atoms with Gasteiger partial charge >= 0.3 is 0 Å². The summed E-state index contributed by atoms with van der Waals surface area (Å²) >= 11 is 6.45. The molecule has 2 aromatic heterocycles. The second-order valence-electron chi connectivity index (χ2n) is 9.09. The van der Waals surface area contributed by atoms with Gasteiger partial charge in [-0.1, -0.05) is 53.5 Å². The first kappa shape index (κ1) is 23.8. The van der Waals surface area contributed by atoms with E-state index >= 15 is 0 Å². The SMILES string of the molecule is Bc1ccccc1S(=O)(=O)N1CCCC(CNc2cc(-c3ccccc3Cl)nc3c(C)cnn23)C1. The van der Waals surface area contributed by atoms with E-state index in [1.54, 1.807) is 27.2 Å². The molecule has 1 saturated heterocycles. The normalized spacial score (nSPS) is 17.0. The van der Waals surface area contributed by atoms with E-state index in [-0.39, 0.29) is 5.92 Å². The minimum absolute atomic E-state index is 0.172. The van der Waals surface area contributed by atoms with Crippen molar-refractivity contribution in [3.05, 3.63) is 71.4 Å². The Balaban J connectivity index is 1.39. The van der Waals surface area contributed by atoms with Gasteiger partial charge in [-0.15, -0.1) is 0 Å². The van der Waals surface area contributed by atoms with Crippen molar-refractivity contribution in [2.75, 3.05) is 25.0 Å². The standard InChI is InChI=1S/C25H27BClN5O2S/c1-17-14-29-32-24(13-22(30-25(17)32)19-8-2-4-10-21(19)27)28-15-18-7-6-12-31(16-18)35(33,34)23-11-5-3-9-20(23)26/h2-5,8-11,13-14,18,28H,6-7,12,15-16,26H2,1H3. The highest BCUT2D eigenvalue weighted by Crippen LogP contribution is 2.30. The second-order valence-corrected chi connectivity index (χ2v) is 11.4. The third-order valence-corrected chi connectivity index (χ3v) is 8.92. The average molecular weight is 508 g/mol. The second kappa shape index (κ2) is 9.64. The van der Waals surface area contributed by atoms with E-state index in [9.17, 15) is 8.42 Å². The quantitative estimate of drug-likeness (QED) is 0.406. The highest BCUT2D eigenvalue weighted by molar-refractivity contribution is 7.89. The molecule has 1 aliphatic heterocycles. The summed E-state index contributed by atoms with van der Waals surface area (Å²) < 4.78 is 30.0. The Morgan fingerprint density at radius 2 is 1.94 bits per heavy atom. The maximum absolute atomic E-state index is 13.3. The molecule has 0 aliphatic carbocycles. The van der Waals surface area contributed by atoms with Crippen molar-refractivity contribution >= 4 is 46.4 Å². The summed E-state index contributed by atoms with van der Waals surface area (Å²) in [6.45, 7) is 3.62. The minimum Gasteiger partial charge on any atom is -0.370 e. The Labute approximate surface area is 211 Å². The number of anilines is 1. The number of aromatic nitrogens is 3. The number of fused-ring (bicyclic) bond motifs is 1. The fraction of sp³-hybridized carbons (Fsp3) is 0.280. The molecule has 7 nitrogen and oxygen atoms in total. The summed E-state index contributed by atoms with van der Waals surface area (Å²) in [5.74, 6) is 0.975. The number of benzene rings is 2. The summed E-state index contributed by atoms with van der Waals surface area (Å²) in [4.78, 5) is 5.19. The lowest BCUT2D eigenvalue weighted by molar-refractivity contribution is 0.275. The molecule has 1 aliphatic rings. The van der Waals surface area contributed by atoms with Crippen LogP contribution in [-0.2, 0) is 10.0 Å². The number of nitrogens with zero attached hydrogens (tertiary/aromatic N) is 4. The van der Waals surface area contributed by atoms with E-state index in [2.05, 4.69) is 10.4 Å². The van der Waals surface area contributed by atoms with E-state index in [1.165, 1.54) is 0 Å². The van der Waals surface area contributed by atoms with Gasteiger partial charge in [0.2, 0.25) is 10.0 Å². The molecule has 1 fully saturated rings. The van der Waals surface area contributed by atoms with Crippen LogP contribution in [0.3, 0.4) is 0 Å². The van der Waals surface area contributed by atoms with Gasteiger partial charge < -0.3 is 5.32 Å². The molecule has 35 heavy (non-hydrogen) atoms. The van der Waals surface area contributed by atoms with Crippen LogP contribution in [0.1, 0.15) is 18.4 Å². The van der Waals surface area contributed by atoms with Crippen LogP contribution in [-0.4, -0.2) is 54.8 Å². The van der Waals surface area contributed by atoms with Crippen molar-refractivity contribution in [2.24, 2.45) is 5.92 Å². The number of hydrogen-bond acceptors (Lipinski definition) is 5.